The van der Waals surface area contributed by atoms with Gasteiger partial charge in [0.2, 0.25) is 0 Å². The summed E-state index contributed by atoms with van der Waals surface area (Å²) in [7, 11) is 0. The van der Waals surface area contributed by atoms with Gasteiger partial charge >= 0.3 is 0 Å². The van der Waals surface area contributed by atoms with Gasteiger partial charge in [0.05, 0.1) is 39.5 Å². The second kappa shape index (κ2) is 40.5. The normalized spacial score (nSPS) is 9.43. The van der Waals surface area contributed by atoms with Crippen LogP contribution in [0.25, 0.3) is 65.5 Å². The smallest absolute Gasteiger partial charge is 0.159 e. The van der Waals surface area contributed by atoms with Crippen molar-refractivity contribution in [2.75, 3.05) is 0 Å². The molecule has 12 aromatic rings. The van der Waals surface area contributed by atoms with Crippen molar-refractivity contribution in [3.8, 4) is 0 Å². The molecule has 0 aliphatic rings. The highest BCUT2D eigenvalue weighted by Crippen LogP contribution is 2.17. The zero-order valence-electron chi connectivity index (χ0n) is 55.2. The van der Waals surface area contributed by atoms with Crippen LogP contribution in [0.2, 0.25) is 0 Å². The number of aromatic nitrogens is 12. The van der Waals surface area contributed by atoms with Gasteiger partial charge in [-0.05, 0) is 203 Å². The van der Waals surface area contributed by atoms with Crippen molar-refractivity contribution >= 4 is 65.5 Å². The molecular weight excluding hydrogens is 1030 g/mol. The first-order chi connectivity index (χ1) is 40.5. The molecule has 1 aromatic carbocycles. The topological polar surface area (TPSA) is 155 Å². The predicted molar refractivity (Wildman–Crippen MR) is 362 cm³/mol. The third-order valence-electron chi connectivity index (χ3n) is 11.1. The van der Waals surface area contributed by atoms with E-state index in [1.165, 1.54) is 27.3 Å². The summed E-state index contributed by atoms with van der Waals surface area (Å²) in [6.07, 6.45) is 11.1. The summed E-state index contributed by atoms with van der Waals surface area (Å²) in [5, 5.41) is 14.9. The summed E-state index contributed by atoms with van der Waals surface area (Å²) >= 11 is 0. The van der Waals surface area contributed by atoms with Crippen molar-refractivity contribution in [2.45, 2.75) is 166 Å². The number of rotatable bonds is 0. The highest BCUT2D eigenvalue weighted by atomic mass is 15.1. The molecule has 0 fully saturated rings. The van der Waals surface area contributed by atoms with Crippen LogP contribution >= 0.6 is 0 Å². The van der Waals surface area contributed by atoms with Crippen molar-refractivity contribution in [1.29, 1.82) is 0 Å². The number of benzene rings is 1. The van der Waals surface area contributed by atoms with E-state index in [4.69, 9.17) is 0 Å². The van der Waals surface area contributed by atoms with Crippen LogP contribution in [-0.2, 0) is 0 Å². The van der Waals surface area contributed by atoms with Crippen LogP contribution in [0.4, 0.5) is 0 Å². The van der Waals surface area contributed by atoms with E-state index in [-0.39, 0.29) is 0 Å². The maximum atomic E-state index is 4.40. The molecule has 11 aromatic heterocycles. The summed E-state index contributed by atoms with van der Waals surface area (Å²) in [5.74, 6) is 0. The lowest BCUT2D eigenvalue weighted by atomic mass is 10.1. The van der Waals surface area contributed by atoms with Crippen LogP contribution in [0.5, 0.6) is 0 Å². The second-order valence-corrected chi connectivity index (χ2v) is 18.0. The van der Waals surface area contributed by atoms with Crippen LogP contribution in [0.15, 0.2) is 146 Å². The molecule has 12 heteroatoms. The van der Waals surface area contributed by atoms with Gasteiger partial charge in [0.15, 0.2) is 5.65 Å². The lowest BCUT2D eigenvalue weighted by Gasteiger charge is -1.98. The van der Waals surface area contributed by atoms with Crippen molar-refractivity contribution in [3.63, 3.8) is 0 Å². The minimum Gasteiger partial charge on any atom is -0.261 e. The molecule has 12 rings (SSSR count). The van der Waals surface area contributed by atoms with Gasteiger partial charge in [0.1, 0.15) is 0 Å². The fourth-order valence-electron chi connectivity index (χ4n) is 7.39. The molecule has 12 nitrogen and oxygen atoms in total. The largest absolute Gasteiger partial charge is 0.261 e. The fraction of sp³-hybridized carbons (Fsp3) is 0.333. The molecule has 84 heavy (non-hydrogen) atoms. The van der Waals surface area contributed by atoms with E-state index in [1.54, 1.807) is 0 Å². The minimum absolute atomic E-state index is 0.843. The molecule has 0 radical (unpaired) electrons. The van der Waals surface area contributed by atoms with E-state index >= 15 is 0 Å². The van der Waals surface area contributed by atoms with E-state index in [0.29, 0.717) is 0 Å². The third kappa shape index (κ3) is 25.2. The maximum absolute atomic E-state index is 4.40. The monoisotopic (exact) mass is 1130 g/mol. The number of fused-ring (bicyclic) bond motifs is 6. The maximum Gasteiger partial charge on any atom is 0.159 e. The van der Waals surface area contributed by atoms with Crippen LogP contribution in [0, 0.1) is 83.1 Å². The first-order valence-corrected chi connectivity index (χ1v) is 29.7. The van der Waals surface area contributed by atoms with Crippen LogP contribution < -0.4 is 0 Å². The Morgan fingerprint density at radius 2 is 0.595 bits per heavy atom. The molecular formula is C72H96N12. The van der Waals surface area contributed by atoms with Gasteiger partial charge in [-0.15, -0.1) is 0 Å². The Hall–Kier alpha value is -8.64. The minimum atomic E-state index is 0.843. The molecule has 0 saturated carbocycles. The highest BCUT2D eigenvalue weighted by molar-refractivity contribution is 5.82. The highest BCUT2D eigenvalue weighted by Gasteiger charge is 2.00. The number of pyridine rings is 10. The first kappa shape index (κ1) is 73.4. The number of aryl methyl sites for hydroxylation is 12. The molecule has 0 amide bonds. The molecule has 0 saturated heterocycles. The Balaban J connectivity index is 0.000000486. The molecule has 0 bridgehead atoms. The van der Waals surface area contributed by atoms with E-state index in [0.717, 1.165) is 106 Å². The Labute approximate surface area is 503 Å². The Morgan fingerprint density at radius 1 is 0.202 bits per heavy atom. The number of nitrogens with zero attached hydrogens (tertiary/aromatic N) is 12. The SMILES string of the molecule is CC.CC.CC.CC.CC.CC.Cc1cc2cc(C)ncc2cn1.Cc1cc2nc(C)ccc2cn1.Cc1ccc2ccc(C)nc2n1.Cc1ccc2nnc(C)cc2c1.Cc1cnc2ccc(C)nc2c1.Cc1cnc2cnc(C)cc2c1. The summed E-state index contributed by atoms with van der Waals surface area (Å²) in [4.78, 5) is 42.7. The van der Waals surface area contributed by atoms with Crippen molar-refractivity contribution in [2.24, 2.45) is 0 Å². The van der Waals surface area contributed by atoms with E-state index < -0.39 is 0 Å². The van der Waals surface area contributed by atoms with E-state index in [1.807, 2.05) is 263 Å². The first-order valence-electron chi connectivity index (χ1n) is 29.7. The predicted octanol–water partition coefficient (Wildman–Crippen LogP) is 19.6. The van der Waals surface area contributed by atoms with Gasteiger partial charge in [-0.2, -0.15) is 10.2 Å². The van der Waals surface area contributed by atoms with Crippen LogP contribution in [0.1, 0.15) is 151 Å². The average Bonchev–Trinajstić information content (AvgIpc) is 3.64. The van der Waals surface area contributed by atoms with Crippen molar-refractivity contribution in [3.05, 3.63) is 214 Å². The van der Waals surface area contributed by atoms with E-state index in [2.05, 4.69) is 109 Å². The van der Waals surface area contributed by atoms with Crippen molar-refractivity contribution < 1.29 is 0 Å². The Bertz CT molecular complexity index is 2950. The van der Waals surface area contributed by atoms with Gasteiger partial charge < -0.3 is 0 Å². The lowest BCUT2D eigenvalue weighted by molar-refractivity contribution is 1.02. The zero-order valence-corrected chi connectivity index (χ0v) is 55.2. The van der Waals surface area contributed by atoms with Crippen molar-refractivity contribution in [1.82, 2.24) is 60.0 Å². The fourth-order valence-corrected chi connectivity index (χ4v) is 7.39. The van der Waals surface area contributed by atoms with Gasteiger partial charge in [0, 0.05) is 103 Å². The van der Waals surface area contributed by atoms with Gasteiger partial charge in [0.25, 0.3) is 0 Å². The molecule has 11 heterocycles. The summed E-state index contributed by atoms with van der Waals surface area (Å²) < 4.78 is 0. The molecule has 0 N–H and O–H groups in total. The quantitative estimate of drug-likeness (QED) is 0.142. The standard InChI is InChI=1S/6C10H10N2.6C2H6/c1-7-3-9-4-8(2)12-6-10(9)5-11-7;1-7-3-9-4-8(2)11-6-10(9)12-5-7;1-7-3-5-9-6-4-8(2)12-10(9)11-7;1-7-5-10-9(11-6-7)4-3-8(2)12-10;1-7-3-4-9-6-11-8(2)5-10(9)12-7;1-7-3-4-10-9(5-7)6-8(2)11-12-10;6*1-2/h6*3-6H,1-2H3;6*1-2H3. The summed E-state index contributed by atoms with van der Waals surface area (Å²) in [5.41, 5.74) is 18.6. The van der Waals surface area contributed by atoms with E-state index in [9.17, 15) is 0 Å². The zero-order chi connectivity index (χ0) is 63.3. The summed E-state index contributed by atoms with van der Waals surface area (Å²) in [6.45, 7) is 48.0. The van der Waals surface area contributed by atoms with Gasteiger partial charge in [-0.3, -0.25) is 39.9 Å². The third-order valence-corrected chi connectivity index (χ3v) is 11.1. The average molecular weight is 1130 g/mol. The molecule has 444 valence electrons. The van der Waals surface area contributed by atoms with Crippen LogP contribution in [-0.4, -0.2) is 60.0 Å². The molecule has 0 aliphatic heterocycles. The van der Waals surface area contributed by atoms with Crippen LogP contribution in [0.3, 0.4) is 0 Å². The summed E-state index contributed by atoms with van der Waals surface area (Å²) in [6, 6.07) is 36.7. The molecule has 0 spiro atoms. The second-order valence-electron chi connectivity index (χ2n) is 18.0. The Kier molecular flexibility index (Phi) is 35.4. The lowest BCUT2D eigenvalue weighted by Crippen LogP contribution is -1.88. The van der Waals surface area contributed by atoms with Gasteiger partial charge in [-0.1, -0.05) is 94.7 Å². The number of hydrogen-bond acceptors (Lipinski definition) is 12. The van der Waals surface area contributed by atoms with Gasteiger partial charge in [-0.25, -0.2) is 9.97 Å². The molecule has 0 atom stereocenters. The Morgan fingerprint density at radius 3 is 1.15 bits per heavy atom. The number of hydrogen-bond donors (Lipinski definition) is 0. The molecule has 0 aliphatic carbocycles. The molecule has 0 unspecified atom stereocenters.